The van der Waals surface area contributed by atoms with Crippen LogP contribution in [0.3, 0.4) is 0 Å². The van der Waals surface area contributed by atoms with Crippen LogP contribution in [0.25, 0.3) is 0 Å². The molecule has 0 aliphatic carbocycles. The lowest BCUT2D eigenvalue weighted by Crippen LogP contribution is -2.06. The van der Waals surface area contributed by atoms with Gasteiger partial charge in [-0.3, -0.25) is 0 Å². The van der Waals surface area contributed by atoms with E-state index in [9.17, 15) is 4.79 Å². The van der Waals surface area contributed by atoms with Crippen LogP contribution in [0.5, 0.6) is 0 Å². The SMILES string of the molecule is Cc1c(C(=O)O)nn(Cc2ccccc2)c1N. The van der Waals surface area contributed by atoms with Crippen molar-refractivity contribution in [1.82, 2.24) is 9.78 Å². The van der Waals surface area contributed by atoms with Gasteiger partial charge in [-0.15, -0.1) is 0 Å². The van der Waals surface area contributed by atoms with Crippen molar-refractivity contribution < 1.29 is 9.90 Å². The number of nitrogens with two attached hydrogens (primary N) is 1. The monoisotopic (exact) mass is 231 g/mol. The van der Waals surface area contributed by atoms with Crippen molar-refractivity contribution in [2.75, 3.05) is 5.73 Å². The van der Waals surface area contributed by atoms with Crippen LogP contribution >= 0.6 is 0 Å². The zero-order valence-electron chi connectivity index (χ0n) is 9.42. The second-order valence-corrected chi connectivity index (χ2v) is 3.81. The predicted molar refractivity (Wildman–Crippen MR) is 63.9 cm³/mol. The number of carboxylic acid groups (broad SMARTS) is 1. The van der Waals surface area contributed by atoms with Gasteiger partial charge in [-0.05, 0) is 12.5 Å². The molecule has 0 spiro atoms. The Kier molecular flexibility index (Phi) is 2.82. The summed E-state index contributed by atoms with van der Waals surface area (Å²) in [6.07, 6.45) is 0. The number of carboxylic acids is 1. The van der Waals surface area contributed by atoms with Crippen molar-refractivity contribution >= 4 is 11.8 Å². The van der Waals surface area contributed by atoms with Gasteiger partial charge in [-0.2, -0.15) is 5.10 Å². The molecule has 0 radical (unpaired) electrons. The molecule has 5 nitrogen and oxygen atoms in total. The maximum atomic E-state index is 10.9. The molecule has 2 rings (SSSR count). The second-order valence-electron chi connectivity index (χ2n) is 3.81. The lowest BCUT2D eigenvalue weighted by molar-refractivity contribution is 0.0688. The summed E-state index contributed by atoms with van der Waals surface area (Å²) < 4.78 is 1.51. The normalized spacial score (nSPS) is 10.4. The summed E-state index contributed by atoms with van der Waals surface area (Å²) in [4.78, 5) is 10.9. The number of rotatable bonds is 3. The highest BCUT2D eigenvalue weighted by atomic mass is 16.4. The lowest BCUT2D eigenvalue weighted by atomic mass is 10.2. The van der Waals surface area contributed by atoms with Crippen LogP contribution in [-0.4, -0.2) is 20.9 Å². The van der Waals surface area contributed by atoms with E-state index in [0.29, 0.717) is 17.9 Å². The van der Waals surface area contributed by atoms with Crippen LogP contribution in [0.2, 0.25) is 0 Å². The van der Waals surface area contributed by atoms with Crippen LogP contribution in [0.15, 0.2) is 30.3 Å². The summed E-state index contributed by atoms with van der Waals surface area (Å²) in [6, 6.07) is 9.64. The number of aromatic carboxylic acids is 1. The van der Waals surface area contributed by atoms with Gasteiger partial charge in [0, 0.05) is 5.56 Å². The van der Waals surface area contributed by atoms with Gasteiger partial charge < -0.3 is 10.8 Å². The van der Waals surface area contributed by atoms with E-state index in [-0.39, 0.29) is 5.69 Å². The van der Waals surface area contributed by atoms with Crippen LogP contribution in [-0.2, 0) is 6.54 Å². The average molecular weight is 231 g/mol. The molecule has 1 heterocycles. The molecule has 0 saturated carbocycles. The highest BCUT2D eigenvalue weighted by Crippen LogP contribution is 2.16. The van der Waals surface area contributed by atoms with E-state index in [1.165, 1.54) is 4.68 Å². The Bertz CT molecular complexity index is 546. The first-order chi connectivity index (χ1) is 8.09. The van der Waals surface area contributed by atoms with E-state index in [0.717, 1.165) is 5.56 Å². The number of hydrogen-bond acceptors (Lipinski definition) is 3. The quantitative estimate of drug-likeness (QED) is 0.839. The number of benzene rings is 1. The molecular weight excluding hydrogens is 218 g/mol. The van der Waals surface area contributed by atoms with Crippen molar-refractivity contribution in [3.63, 3.8) is 0 Å². The number of hydrogen-bond donors (Lipinski definition) is 2. The Morgan fingerprint density at radius 3 is 2.59 bits per heavy atom. The Hall–Kier alpha value is -2.30. The van der Waals surface area contributed by atoms with Crippen molar-refractivity contribution in [2.45, 2.75) is 13.5 Å². The van der Waals surface area contributed by atoms with E-state index >= 15 is 0 Å². The van der Waals surface area contributed by atoms with E-state index in [1.54, 1.807) is 6.92 Å². The molecule has 0 aliphatic heterocycles. The molecule has 88 valence electrons. The number of nitrogen functional groups attached to an aromatic ring is 1. The summed E-state index contributed by atoms with van der Waals surface area (Å²) in [6.45, 7) is 2.13. The topological polar surface area (TPSA) is 81.1 Å². The predicted octanol–water partition coefficient (Wildman–Crippen LogP) is 1.52. The molecule has 0 fully saturated rings. The molecule has 0 bridgehead atoms. The second kappa shape index (κ2) is 4.29. The third kappa shape index (κ3) is 2.13. The first-order valence-corrected chi connectivity index (χ1v) is 5.19. The average Bonchev–Trinajstić information content (AvgIpc) is 2.59. The third-order valence-electron chi connectivity index (χ3n) is 2.62. The molecule has 1 aromatic heterocycles. The first-order valence-electron chi connectivity index (χ1n) is 5.19. The fourth-order valence-electron chi connectivity index (χ4n) is 1.64. The number of nitrogens with zero attached hydrogens (tertiary/aromatic N) is 2. The molecule has 0 atom stereocenters. The number of aromatic nitrogens is 2. The van der Waals surface area contributed by atoms with E-state index in [2.05, 4.69) is 5.10 Å². The molecule has 0 aliphatic rings. The minimum absolute atomic E-state index is 0.0124. The van der Waals surface area contributed by atoms with E-state index in [4.69, 9.17) is 10.8 Å². The minimum atomic E-state index is -1.05. The van der Waals surface area contributed by atoms with Crippen molar-refractivity contribution in [3.05, 3.63) is 47.2 Å². The lowest BCUT2D eigenvalue weighted by Gasteiger charge is -2.03. The molecule has 3 N–H and O–H groups in total. The highest BCUT2D eigenvalue weighted by molar-refractivity contribution is 5.88. The van der Waals surface area contributed by atoms with Crippen LogP contribution < -0.4 is 5.73 Å². The smallest absolute Gasteiger partial charge is 0.356 e. The Balaban J connectivity index is 2.34. The third-order valence-corrected chi connectivity index (χ3v) is 2.62. The largest absolute Gasteiger partial charge is 0.476 e. The molecule has 0 unspecified atom stereocenters. The van der Waals surface area contributed by atoms with Gasteiger partial charge in [0.25, 0.3) is 0 Å². The standard InChI is InChI=1S/C12H13N3O2/c1-8-10(12(16)17)14-15(11(8)13)7-9-5-3-2-4-6-9/h2-6H,7,13H2,1H3,(H,16,17). The fourth-order valence-corrected chi connectivity index (χ4v) is 1.64. The van der Waals surface area contributed by atoms with Gasteiger partial charge in [0.05, 0.1) is 6.54 Å². The maximum absolute atomic E-state index is 10.9. The Morgan fingerprint density at radius 2 is 2.06 bits per heavy atom. The van der Waals surface area contributed by atoms with Gasteiger partial charge in [-0.25, -0.2) is 9.48 Å². The van der Waals surface area contributed by atoms with Gasteiger partial charge >= 0.3 is 5.97 Å². The zero-order valence-corrected chi connectivity index (χ0v) is 9.42. The minimum Gasteiger partial charge on any atom is -0.476 e. The van der Waals surface area contributed by atoms with Gasteiger partial charge in [0.2, 0.25) is 0 Å². The Labute approximate surface area is 98.5 Å². The van der Waals surface area contributed by atoms with Crippen molar-refractivity contribution in [2.24, 2.45) is 0 Å². The van der Waals surface area contributed by atoms with Crippen molar-refractivity contribution in [1.29, 1.82) is 0 Å². The number of anilines is 1. The van der Waals surface area contributed by atoms with E-state index < -0.39 is 5.97 Å². The Morgan fingerprint density at radius 1 is 1.41 bits per heavy atom. The van der Waals surface area contributed by atoms with Gasteiger partial charge in [0.15, 0.2) is 5.69 Å². The molecular formula is C12H13N3O2. The summed E-state index contributed by atoms with van der Waals surface area (Å²) in [5, 5.41) is 12.9. The summed E-state index contributed by atoms with van der Waals surface area (Å²) >= 11 is 0. The molecule has 17 heavy (non-hydrogen) atoms. The van der Waals surface area contributed by atoms with Crippen molar-refractivity contribution in [3.8, 4) is 0 Å². The van der Waals surface area contributed by atoms with Crippen LogP contribution in [0.4, 0.5) is 5.82 Å². The summed E-state index contributed by atoms with van der Waals surface area (Å²) in [5.41, 5.74) is 7.37. The maximum Gasteiger partial charge on any atom is 0.356 e. The molecule has 2 aromatic rings. The number of carbonyl (C=O) groups is 1. The molecule has 0 saturated heterocycles. The zero-order chi connectivity index (χ0) is 12.4. The first kappa shape index (κ1) is 11.2. The van der Waals surface area contributed by atoms with Crippen LogP contribution in [0, 0.1) is 6.92 Å². The van der Waals surface area contributed by atoms with Crippen LogP contribution in [0.1, 0.15) is 21.6 Å². The van der Waals surface area contributed by atoms with Gasteiger partial charge in [0.1, 0.15) is 5.82 Å². The molecule has 5 heteroatoms. The summed E-state index contributed by atoms with van der Waals surface area (Å²) in [5.74, 6) is -0.660. The fraction of sp³-hybridized carbons (Fsp3) is 0.167. The molecule has 1 aromatic carbocycles. The van der Waals surface area contributed by atoms with E-state index in [1.807, 2.05) is 30.3 Å². The molecule has 0 amide bonds. The summed E-state index contributed by atoms with van der Waals surface area (Å²) in [7, 11) is 0. The van der Waals surface area contributed by atoms with Gasteiger partial charge in [-0.1, -0.05) is 30.3 Å². The highest BCUT2D eigenvalue weighted by Gasteiger charge is 2.17.